The molecule has 9 nitrogen and oxygen atoms in total. The van der Waals surface area contributed by atoms with Gasteiger partial charge in [-0.3, -0.25) is 9.80 Å². The summed E-state index contributed by atoms with van der Waals surface area (Å²) in [6.07, 6.45) is 4.03. The lowest BCUT2D eigenvalue weighted by Gasteiger charge is -2.26. The molecule has 7 aromatic carbocycles. The van der Waals surface area contributed by atoms with Crippen molar-refractivity contribution < 1.29 is 20.1 Å². The fourth-order valence-corrected chi connectivity index (χ4v) is 8.09. The van der Waals surface area contributed by atoms with Crippen molar-refractivity contribution in [3.05, 3.63) is 166 Å². The third kappa shape index (κ3) is 9.41. The lowest BCUT2D eigenvalue weighted by atomic mass is 9.77. The molecule has 0 unspecified atom stereocenters. The largest absolute Gasteiger partial charge is 0.488 e. The maximum atomic E-state index is 10.2. The minimum atomic E-state index is -1.54. The van der Waals surface area contributed by atoms with E-state index < -0.39 is 14.2 Å². The molecule has 0 aliphatic rings. The van der Waals surface area contributed by atoms with Crippen LogP contribution in [0.5, 0.6) is 0 Å². The first kappa shape index (κ1) is 39.0. The molecule has 0 saturated heterocycles. The van der Waals surface area contributed by atoms with Crippen molar-refractivity contribution in [1.82, 2.24) is 9.80 Å². The van der Waals surface area contributed by atoms with E-state index in [4.69, 9.17) is 5.53 Å². The summed E-state index contributed by atoms with van der Waals surface area (Å²) in [6, 6.07) is 43.0. The average Bonchev–Trinajstić information content (AvgIpc) is 3.21. The van der Waals surface area contributed by atoms with Gasteiger partial charge in [-0.05, 0) is 103 Å². The van der Waals surface area contributed by atoms with Gasteiger partial charge in [0.15, 0.2) is 0 Å². The molecule has 7 rings (SSSR count). The predicted octanol–water partition coefficient (Wildman–Crippen LogP) is 7.02. The van der Waals surface area contributed by atoms with E-state index in [-0.39, 0.29) is 0 Å². The molecule has 0 amide bonds. The van der Waals surface area contributed by atoms with Crippen LogP contribution in [0.1, 0.15) is 53.5 Å². The molecule has 0 fully saturated rings. The Kier molecular flexibility index (Phi) is 13.0. The van der Waals surface area contributed by atoms with Crippen molar-refractivity contribution in [1.29, 1.82) is 0 Å². The van der Waals surface area contributed by atoms with E-state index in [1.165, 1.54) is 37.9 Å². The highest BCUT2D eigenvalue weighted by Crippen LogP contribution is 2.36. The summed E-state index contributed by atoms with van der Waals surface area (Å²) in [5, 5.41) is 51.7. The lowest BCUT2D eigenvalue weighted by Crippen LogP contribution is -2.36. The van der Waals surface area contributed by atoms with E-state index in [1.807, 2.05) is 48.5 Å². The quantitative estimate of drug-likeness (QED) is 0.0176. The fourth-order valence-electron chi connectivity index (χ4n) is 8.09. The Labute approximate surface area is 328 Å². The van der Waals surface area contributed by atoms with Gasteiger partial charge in [0.2, 0.25) is 0 Å². The van der Waals surface area contributed by atoms with Crippen LogP contribution in [-0.4, -0.2) is 57.2 Å². The first-order valence-corrected chi connectivity index (χ1v) is 19.4. The highest BCUT2D eigenvalue weighted by molar-refractivity contribution is 6.59. The molecule has 0 aromatic heterocycles. The minimum absolute atomic E-state index is 0.314. The molecule has 0 heterocycles. The topological polar surface area (TPSA) is 136 Å². The Hall–Kier alpha value is -5.22. The van der Waals surface area contributed by atoms with Crippen LogP contribution in [0.4, 0.5) is 0 Å². The van der Waals surface area contributed by atoms with Crippen molar-refractivity contribution in [2.45, 2.75) is 58.4 Å². The smallest absolute Gasteiger partial charge is 0.423 e. The van der Waals surface area contributed by atoms with Crippen LogP contribution in [0.3, 0.4) is 0 Å². The second kappa shape index (κ2) is 18.6. The summed E-state index contributed by atoms with van der Waals surface area (Å²) in [5.41, 5.74) is 14.9. The highest BCUT2D eigenvalue weighted by atomic mass is 16.4. The van der Waals surface area contributed by atoms with Crippen LogP contribution >= 0.6 is 0 Å². The van der Waals surface area contributed by atoms with E-state index in [0.29, 0.717) is 37.1 Å². The van der Waals surface area contributed by atoms with Gasteiger partial charge in [-0.25, -0.2) is 0 Å². The Bertz CT molecular complexity index is 2400. The van der Waals surface area contributed by atoms with E-state index in [1.54, 1.807) is 12.1 Å². The monoisotopic (exact) mass is 743 g/mol. The molecule has 0 aliphatic heterocycles. The van der Waals surface area contributed by atoms with Gasteiger partial charge in [-0.15, -0.1) is 0 Å². The molecule has 282 valence electrons. The molecule has 56 heavy (non-hydrogen) atoms. The number of benzene rings is 7. The summed E-state index contributed by atoms with van der Waals surface area (Å²) in [6.45, 7) is 4.61. The SMILES string of the molecule is [N-]=[N+]=NCc1ccc(CN(CCCCCCN(Cc2ccccc2B(O)O)Cc2ccc3ccc4cccc5ccc2c3c45)Cc2ccccc2B(O)O)cc1. The van der Waals surface area contributed by atoms with Gasteiger partial charge < -0.3 is 20.1 Å². The van der Waals surface area contributed by atoms with Gasteiger partial charge >= 0.3 is 14.2 Å². The van der Waals surface area contributed by atoms with Crippen LogP contribution in [0, 0.1) is 0 Å². The summed E-state index contributed by atoms with van der Waals surface area (Å²) < 4.78 is 0. The normalized spacial score (nSPS) is 11.6. The summed E-state index contributed by atoms with van der Waals surface area (Å²) in [7, 11) is -3.07. The Morgan fingerprint density at radius 1 is 0.482 bits per heavy atom. The molecule has 0 saturated carbocycles. The maximum absolute atomic E-state index is 10.2. The minimum Gasteiger partial charge on any atom is -0.423 e. The number of hydrogen-bond acceptors (Lipinski definition) is 7. The molecular formula is C45H47B2N5O4. The maximum Gasteiger partial charge on any atom is 0.488 e. The van der Waals surface area contributed by atoms with Crippen LogP contribution in [0.15, 0.2) is 133 Å². The number of rotatable bonds is 19. The summed E-state index contributed by atoms with van der Waals surface area (Å²) in [5.74, 6) is 0. The van der Waals surface area contributed by atoms with Gasteiger partial charge in [-0.1, -0.05) is 145 Å². The zero-order valence-corrected chi connectivity index (χ0v) is 31.6. The van der Waals surface area contributed by atoms with Gasteiger partial charge in [0, 0.05) is 31.1 Å². The summed E-state index contributed by atoms with van der Waals surface area (Å²) >= 11 is 0. The second-order valence-corrected chi connectivity index (χ2v) is 14.8. The third-order valence-electron chi connectivity index (χ3n) is 10.9. The van der Waals surface area contributed by atoms with E-state index in [0.717, 1.165) is 67.6 Å². The first-order valence-electron chi connectivity index (χ1n) is 19.4. The molecule has 11 heteroatoms. The Balaban J connectivity index is 1.04. The molecule has 0 aliphatic carbocycles. The van der Waals surface area contributed by atoms with Crippen LogP contribution in [-0.2, 0) is 32.7 Å². The highest BCUT2D eigenvalue weighted by Gasteiger charge is 2.20. The number of nitrogens with zero attached hydrogens (tertiary/aromatic N) is 5. The number of unbranched alkanes of at least 4 members (excludes halogenated alkanes) is 3. The third-order valence-corrected chi connectivity index (χ3v) is 10.9. The molecule has 0 bridgehead atoms. The molecule has 0 atom stereocenters. The van der Waals surface area contributed by atoms with Crippen LogP contribution in [0.2, 0.25) is 0 Å². The second-order valence-electron chi connectivity index (χ2n) is 14.8. The standard InChI is InChI=1S/C45H47B2N5O4/c48-50-49-28-33-16-18-34(19-17-33)29-51(31-39-10-3-5-14-42(39)46(53)54)26-7-1-2-8-27-52(32-40-11-4-6-15-43(40)47(55)56)30-38-23-22-37-21-20-35-12-9-13-36-24-25-41(38)45(37)44(35)36/h3-6,9-25,53-56H,1-2,7-8,26-32H2. The van der Waals surface area contributed by atoms with Gasteiger partial charge in [0.25, 0.3) is 0 Å². The number of hydrogen-bond donors (Lipinski definition) is 4. The zero-order valence-electron chi connectivity index (χ0n) is 31.6. The van der Waals surface area contributed by atoms with Crippen LogP contribution in [0.25, 0.3) is 42.8 Å². The van der Waals surface area contributed by atoms with Gasteiger partial charge in [0.1, 0.15) is 0 Å². The summed E-state index contributed by atoms with van der Waals surface area (Å²) in [4.78, 5) is 7.64. The Morgan fingerprint density at radius 3 is 1.57 bits per heavy atom. The zero-order chi connectivity index (χ0) is 38.9. The first-order chi connectivity index (χ1) is 27.4. The van der Waals surface area contributed by atoms with Gasteiger partial charge in [0.05, 0.1) is 6.54 Å². The molecular weight excluding hydrogens is 696 g/mol. The fraction of sp³-hybridized carbons (Fsp3) is 0.244. The number of azide groups is 1. The van der Waals surface area contributed by atoms with Crippen molar-refractivity contribution >= 4 is 57.5 Å². The molecule has 0 radical (unpaired) electrons. The van der Waals surface area contributed by atoms with E-state index in [2.05, 4.69) is 86.6 Å². The average molecular weight is 744 g/mol. The molecule has 7 aromatic rings. The molecule has 0 spiro atoms. The van der Waals surface area contributed by atoms with Crippen molar-refractivity contribution in [3.63, 3.8) is 0 Å². The van der Waals surface area contributed by atoms with Gasteiger partial charge in [-0.2, -0.15) is 0 Å². The van der Waals surface area contributed by atoms with E-state index >= 15 is 0 Å². The predicted molar refractivity (Wildman–Crippen MR) is 229 cm³/mol. The van der Waals surface area contributed by atoms with Crippen molar-refractivity contribution in [3.8, 4) is 0 Å². The van der Waals surface area contributed by atoms with E-state index in [9.17, 15) is 20.1 Å². The Morgan fingerprint density at radius 2 is 0.982 bits per heavy atom. The van der Waals surface area contributed by atoms with Crippen molar-refractivity contribution in [2.75, 3.05) is 13.1 Å². The van der Waals surface area contributed by atoms with Crippen molar-refractivity contribution in [2.24, 2.45) is 5.11 Å². The lowest BCUT2D eigenvalue weighted by molar-refractivity contribution is 0.240. The molecule has 4 N–H and O–H groups in total. The van der Waals surface area contributed by atoms with Crippen LogP contribution < -0.4 is 10.9 Å².